The fraction of sp³-hybridized carbons (Fsp3) is 0.364. The molecule has 1 aromatic carbocycles. The molecule has 2 rings (SSSR count). The maximum Gasteiger partial charge on any atom is 0.126 e. The van der Waals surface area contributed by atoms with Gasteiger partial charge < -0.3 is 4.57 Å². The molecule has 0 unspecified atom stereocenters. The predicted octanol–water partition coefficient (Wildman–Crippen LogP) is 3.39. The van der Waals surface area contributed by atoms with Crippen molar-refractivity contribution in [3.8, 4) is 0 Å². The van der Waals surface area contributed by atoms with E-state index < -0.39 is 0 Å². The van der Waals surface area contributed by atoms with E-state index in [9.17, 15) is 0 Å². The quantitative estimate of drug-likeness (QED) is 0.638. The molecule has 4 heteroatoms. The normalized spacial score (nSPS) is 12.3. The van der Waals surface area contributed by atoms with Crippen LogP contribution in [0.3, 0.4) is 0 Å². The maximum atomic E-state index is 4.65. The standard InChI is InChI=1S/C11H14N2S2/c1-11(2,15-14)10-12-8-6-4-5-7-9(8)13(10)3/h4-7,14H,1-3H3. The Morgan fingerprint density at radius 2 is 2.00 bits per heavy atom. The van der Waals surface area contributed by atoms with Crippen LogP contribution in [0.4, 0.5) is 0 Å². The molecule has 0 atom stereocenters. The number of thiol groups is 1. The number of hydrogen-bond donors (Lipinski definition) is 1. The molecular weight excluding hydrogens is 224 g/mol. The first-order valence-electron chi connectivity index (χ1n) is 4.81. The van der Waals surface area contributed by atoms with E-state index in [-0.39, 0.29) is 4.75 Å². The zero-order valence-electron chi connectivity index (χ0n) is 9.06. The highest BCUT2D eigenvalue weighted by atomic mass is 33.1. The minimum atomic E-state index is -0.0725. The average molecular weight is 238 g/mol. The van der Waals surface area contributed by atoms with Crippen LogP contribution in [-0.2, 0) is 11.8 Å². The summed E-state index contributed by atoms with van der Waals surface area (Å²) in [4.78, 5) is 4.65. The molecule has 0 radical (unpaired) electrons. The Hall–Kier alpha value is -0.610. The van der Waals surface area contributed by atoms with E-state index in [0.29, 0.717) is 0 Å². The van der Waals surface area contributed by atoms with Crippen LogP contribution in [0.25, 0.3) is 11.0 Å². The summed E-state index contributed by atoms with van der Waals surface area (Å²) in [5.74, 6) is 1.06. The fourth-order valence-electron chi connectivity index (χ4n) is 1.72. The first kappa shape index (κ1) is 10.9. The van der Waals surface area contributed by atoms with Crippen molar-refractivity contribution in [2.75, 3.05) is 0 Å². The first-order valence-corrected chi connectivity index (χ1v) is 6.67. The molecule has 0 saturated carbocycles. The molecule has 0 aliphatic carbocycles. The molecule has 0 fully saturated rings. The van der Waals surface area contributed by atoms with Crippen molar-refractivity contribution in [2.45, 2.75) is 18.6 Å². The number of aromatic nitrogens is 2. The van der Waals surface area contributed by atoms with Gasteiger partial charge in [0.25, 0.3) is 0 Å². The van der Waals surface area contributed by atoms with Gasteiger partial charge in [-0.15, -0.1) is 11.7 Å². The van der Waals surface area contributed by atoms with E-state index in [2.05, 4.69) is 48.2 Å². The highest BCUT2D eigenvalue weighted by Gasteiger charge is 2.25. The van der Waals surface area contributed by atoms with E-state index >= 15 is 0 Å². The van der Waals surface area contributed by atoms with Gasteiger partial charge in [0.15, 0.2) is 0 Å². The van der Waals surface area contributed by atoms with Gasteiger partial charge in [-0.25, -0.2) is 4.98 Å². The summed E-state index contributed by atoms with van der Waals surface area (Å²) in [5.41, 5.74) is 2.22. The van der Waals surface area contributed by atoms with Crippen LogP contribution >= 0.6 is 22.5 Å². The lowest BCUT2D eigenvalue weighted by molar-refractivity contribution is 0.673. The Balaban J connectivity index is 2.68. The molecule has 0 spiro atoms. The van der Waals surface area contributed by atoms with Crippen molar-refractivity contribution in [1.29, 1.82) is 0 Å². The van der Waals surface area contributed by atoms with Gasteiger partial charge in [-0.3, -0.25) is 0 Å². The van der Waals surface area contributed by atoms with Gasteiger partial charge in [0.1, 0.15) is 5.82 Å². The molecule has 0 amide bonds. The van der Waals surface area contributed by atoms with Crippen molar-refractivity contribution < 1.29 is 0 Å². The highest BCUT2D eigenvalue weighted by molar-refractivity contribution is 8.68. The Morgan fingerprint density at radius 1 is 1.33 bits per heavy atom. The number of para-hydroxylation sites is 2. The smallest absolute Gasteiger partial charge is 0.126 e. The van der Waals surface area contributed by atoms with Crippen molar-refractivity contribution >= 4 is 33.5 Å². The summed E-state index contributed by atoms with van der Waals surface area (Å²) in [6, 6.07) is 8.18. The third-order valence-corrected chi connectivity index (χ3v) is 4.56. The summed E-state index contributed by atoms with van der Waals surface area (Å²) >= 11 is 4.30. The van der Waals surface area contributed by atoms with Gasteiger partial charge in [-0.2, -0.15) is 0 Å². The molecule has 1 aromatic heterocycles. The molecule has 0 aliphatic heterocycles. The summed E-state index contributed by atoms with van der Waals surface area (Å²) in [5, 5.41) is 0. The molecule has 80 valence electrons. The Bertz CT molecular complexity index is 488. The minimum Gasteiger partial charge on any atom is -0.330 e. The summed E-state index contributed by atoms with van der Waals surface area (Å²) < 4.78 is 2.06. The number of imidazole rings is 1. The molecule has 15 heavy (non-hydrogen) atoms. The number of benzene rings is 1. The van der Waals surface area contributed by atoms with Crippen LogP contribution in [0, 0.1) is 0 Å². The monoisotopic (exact) mass is 238 g/mol. The molecule has 2 nitrogen and oxygen atoms in total. The topological polar surface area (TPSA) is 17.8 Å². The Morgan fingerprint density at radius 3 is 2.60 bits per heavy atom. The van der Waals surface area contributed by atoms with E-state index in [4.69, 9.17) is 0 Å². The van der Waals surface area contributed by atoms with Crippen molar-refractivity contribution in [2.24, 2.45) is 7.05 Å². The maximum absolute atomic E-state index is 4.65. The van der Waals surface area contributed by atoms with Gasteiger partial charge in [-0.05, 0) is 26.0 Å². The molecule has 2 aromatic rings. The highest BCUT2D eigenvalue weighted by Crippen LogP contribution is 2.38. The van der Waals surface area contributed by atoms with Gasteiger partial charge in [0.05, 0.1) is 15.8 Å². The van der Waals surface area contributed by atoms with Crippen LogP contribution in [-0.4, -0.2) is 9.55 Å². The summed E-state index contributed by atoms with van der Waals surface area (Å²) in [6.07, 6.45) is 0. The van der Waals surface area contributed by atoms with E-state index in [1.807, 2.05) is 18.2 Å². The molecule has 0 aliphatic rings. The first-order chi connectivity index (χ1) is 7.06. The van der Waals surface area contributed by atoms with Gasteiger partial charge >= 0.3 is 0 Å². The largest absolute Gasteiger partial charge is 0.330 e. The van der Waals surface area contributed by atoms with E-state index in [1.165, 1.54) is 16.3 Å². The minimum absolute atomic E-state index is 0.0725. The second-order valence-electron chi connectivity index (χ2n) is 4.08. The summed E-state index contributed by atoms with van der Waals surface area (Å²) in [7, 11) is 3.57. The second kappa shape index (κ2) is 3.76. The predicted molar refractivity (Wildman–Crippen MR) is 70.3 cm³/mol. The van der Waals surface area contributed by atoms with Crippen LogP contribution in [0.15, 0.2) is 24.3 Å². The lowest BCUT2D eigenvalue weighted by Crippen LogP contribution is -2.16. The zero-order valence-corrected chi connectivity index (χ0v) is 10.8. The van der Waals surface area contributed by atoms with Gasteiger partial charge in [0.2, 0.25) is 0 Å². The van der Waals surface area contributed by atoms with Crippen molar-refractivity contribution in [3.63, 3.8) is 0 Å². The molecular formula is C11H14N2S2. The number of fused-ring (bicyclic) bond motifs is 1. The van der Waals surface area contributed by atoms with Crippen molar-refractivity contribution in [1.82, 2.24) is 9.55 Å². The number of rotatable bonds is 2. The average Bonchev–Trinajstić information content (AvgIpc) is 2.58. The SMILES string of the molecule is Cn1c(C(C)(C)SS)nc2ccccc21. The van der Waals surface area contributed by atoms with Crippen molar-refractivity contribution in [3.05, 3.63) is 30.1 Å². The lowest BCUT2D eigenvalue weighted by atomic mass is 10.2. The Labute approximate surface area is 98.9 Å². The zero-order chi connectivity index (χ0) is 11.1. The van der Waals surface area contributed by atoms with Gasteiger partial charge in [0, 0.05) is 7.05 Å². The van der Waals surface area contributed by atoms with Crippen LogP contribution < -0.4 is 0 Å². The lowest BCUT2D eigenvalue weighted by Gasteiger charge is -2.20. The summed E-state index contributed by atoms with van der Waals surface area (Å²) in [6.45, 7) is 4.26. The van der Waals surface area contributed by atoms with E-state index in [1.54, 1.807) is 0 Å². The van der Waals surface area contributed by atoms with Gasteiger partial charge in [-0.1, -0.05) is 22.9 Å². The van der Waals surface area contributed by atoms with Crippen LogP contribution in [0.1, 0.15) is 19.7 Å². The molecule has 0 N–H and O–H groups in total. The van der Waals surface area contributed by atoms with E-state index in [0.717, 1.165) is 11.3 Å². The molecule has 1 heterocycles. The third kappa shape index (κ3) is 1.76. The number of aryl methyl sites for hydroxylation is 1. The fourth-order valence-corrected chi connectivity index (χ4v) is 2.23. The Kier molecular flexibility index (Phi) is 2.73. The molecule has 0 bridgehead atoms. The number of nitrogens with zero attached hydrogens (tertiary/aromatic N) is 2. The molecule has 0 saturated heterocycles. The third-order valence-electron chi connectivity index (χ3n) is 2.55. The second-order valence-corrected chi connectivity index (χ2v) is 5.84. The number of hydrogen-bond acceptors (Lipinski definition) is 3. The van der Waals surface area contributed by atoms with Crippen LogP contribution in [0.2, 0.25) is 0 Å². The van der Waals surface area contributed by atoms with Crippen LogP contribution in [0.5, 0.6) is 0 Å².